The summed E-state index contributed by atoms with van der Waals surface area (Å²) in [5.74, 6) is 0.647. The van der Waals surface area contributed by atoms with Crippen molar-refractivity contribution in [3.05, 3.63) is 51.3 Å². The Hall–Kier alpha value is -2.57. The molecule has 130 valence electrons. The van der Waals surface area contributed by atoms with Crippen LogP contribution in [0.15, 0.2) is 39.9 Å². The second-order valence-electron chi connectivity index (χ2n) is 7.41. The molecule has 0 amide bonds. The Labute approximate surface area is 143 Å². The zero-order chi connectivity index (χ0) is 17.3. The van der Waals surface area contributed by atoms with Gasteiger partial charge in [-0.05, 0) is 43.2 Å². The molecule has 0 radical (unpaired) electrons. The van der Waals surface area contributed by atoms with Crippen molar-refractivity contribution < 1.29 is 9.53 Å². The van der Waals surface area contributed by atoms with Gasteiger partial charge in [0.2, 0.25) is 0 Å². The van der Waals surface area contributed by atoms with Crippen molar-refractivity contribution in [2.24, 2.45) is 23.7 Å². The molecule has 7 heteroatoms. The van der Waals surface area contributed by atoms with Crippen molar-refractivity contribution in [3.8, 4) is 5.69 Å². The largest absolute Gasteiger partial charge is 0.467 e. The Bertz CT molecular complexity index is 954. The molecule has 0 aliphatic heterocycles. The Balaban J connectivity index is 1.70. The Kier molecular flexibility index (Phi) is 2.80. The predicted molar refractivity (Wildman–Crippen MR) is 88.5 cm³/mol. The van der Waals surface area contributed by atoms with E-state index < -0.39 is 22.9 Å². The Morgan fingerprint density at radius 3 is 2.40 bits per heavy atom. The number of aromatic amines is 1. The van der Waals surface area contributed by atoms with Gasteiger partial charge in [-0.2, -0.15) is 0 Å². The van der Waals surface area contributed by atoms with Crippen LogP contribution in [0.3, 0.4) is 0 Å². The van der Waals surface area contributed by atoms with Gasteiger partial charge in [0.15, 0.2) is 5.54 Å². The highest BCUT2D eigenvalue weighted by Crippen LogP contribution is 2.74. The number of H-pyrrole nitrogens is 1. The SMILES string of the molecule is COC(=O)C1(n2[nH]c(=O)n(-c3ccccc3)c2=O)C2C3CCC(C3)C21. The predicted octanol–water partition coefficient (Wildman–Crippen LogP) is 0.871. The second kappa shape index (κ2) is 4.74. The molecule has 4 unspecified atom stereocenters. The molecule has 1 N–H and O–H groups in total. The summed E-state index contributed by atoms with van der Waals surface area (Å²) >= 11 is 0. The molecule has 3 aliphatic rings. The molecular formula is C18H19N3O4. The molecule has 25 heavy (non-hydrogen) atoms. The molecule has 1 heterocycles. The van der Waals surface area contributed by atoms with E-state index in [0.717, 1.165) is 23.8 Å². The highest BCUT2D eigenvalue weighted by Gasteiger charge is 2.81. The molecular weight excluding hydrogens is 322 g/mol. The summed E-state index contributed by atoms with van der Waals surface area (Å²) in [6.45, 7) is 0. The summed E-state index contributed by atoms with van der Waals surface area (Å²) in [6.07, 6.45) is 3.29. The number of carbonyl (C=O) groups excluding carboxylic acids is 1. The lowest BCUT2D eigenvalue weighted by Gasteiger charge is -2.21. The number of ether oxygens (including phenoxy) is 1. The molecule has 0 spiro atoms. The number of methoxy groups -OCH3 is 1. The minimum absolute atomic E-state index is 0.0960. The molecule has 1 aromatic heterocycles. The van der Waals surface area contributed by atoms with Crippen LogP contribution in [0.4, 0.5) is 0 Å². The van der Waals surface area contributed by atoms with Crippen molar-refractivity contribution >= 4 is 5.97 Å². The number of aromatic nitrogens is 3. The lowest BCUT2D eigenvalue weighted by atomic mass is 9.97. The van der Waals surface area contributed by atoms with Crippen molar-refractivity contribution in [2.75, 3.05) is 7.11 Å². The molecule has 5 rings (SSSR count). The van der Waals surface area contributed by atoms with Gasteiger partial charge in [0, 0.05) is 11.8 Å². The van der Waals surface area contributed by atoms with E-state index in [1.807, 2.05) is 6.07 Å². The van der Waals surface area contributed by atoms with Crippen LogP contribution in [0.1, 0.15) is 19.3 Å². The number of nitrogens with zero attached hydrogens (tertiary/aromatic N) is 2. The van der Waals surface area contributed by atoms with E-state index in [-0.39, 0.29) is 11.8 Å². The number of fused-ring (bicyclic) bond motifs is 5. The summed E-state index contributed by atoms with van der Waals surface area (Å²) in [4.78, 5) is 38.3. The van der Waals surface area contributed by atoms with Crippen LogP contribution in [0.5, 0.6) is 0 Å². The smallest absolute Gasteiger partial charge is 0.352 e. The van der Waals surface area contributed by atoms with Gasteiger partial charge in [-0.25, -0.2) is 28.7 Å². The van der Waals surface area contributed by atoms with Gasteiger partial charge in [0.25, 0.3) is 0 Å². The summed E-state index contributed by atoms with van der Waals surface area (Å²) < 4.78 is 7.41. The summed E-state index contributed by atoms with van der Waals surface area (Å²) in [6, 6.07) is 8.74. The molecule has 4 atom stereocenters. The lowest BCUT2D eigenvalue weighted by molar-refractivity contribution is -0.148. The van der Waals surface area contributed by atoms with Gasteiger partial charge in [-0.3, -0.25) is 0 Å². The first-order chi connectivity index (χ1) is 12.1. The summed E-state index contributed by atoms with van der Waals surface area (Å²) in [7, 11) is 1.34. The van der Waals surface area contributed by atoms with E-state index in [1.165, 1.54) is 11.8 Å². The zero-order valence-corrected chi connectivity index (χ0v) is 13.8. The number of rotatable bonds is 3. The van der Waals surface area contributed by atoms with Crippen LogP contribution in [0.2, 0.25) is 0 Å². The third-order valence-electron chi connectivity index (χ3n) is 6.51. The molecule has 1 aromatic carbocycles. The number of hydrogen-bond donors (Lipinski definition) is 1. The molecule has 3 fully saturated rings. The van der Waals surface area contributed by atoms with E-state index in [1.54, 1.807) is 24.3 Å². The van der Waals surface area contributed by atoms with Gasteiger partial charge < -0.3 is 4.74 Å². The number of para-hydroxylation sites is 1. The third-order valence-corrected chi connectivity index (χ3v) is 6.51. The van der Waals surface area contributed by atoms with Crippen molar-refractivity contribution in [3.63, 3.8) is 0 Å². The van der Waals surface area contributed by atoms with Crippen LogP contribution < -0.4 is 11.4 Å². The van der Waals surface area contributed by atoms with Crippen LogP contribution in [-0.2, 0) is 15.1 Å². The van der Waals surface area contributed by atoms with Gasteiger partial charge in [0.1, 0.15) is 0 Å². The highest BCUT2D eigenvalue weighted by atomic mass is 16.5. The van der Waals surface area contributed by atoms with E-state index in [2.05, 4.69) is 5.10 Å². The Morgan fingerprint density at radius 2 is 1.80 bits per heavy atom. The molecule has 3 saturated carbocycles. The fourth-order valence-corrected chi connectivity index (χ4v) is 5.70. The Morgan fingerprint density at radius 1 is 1.16 bits per heavy atom. The monoisotopic (exact) mass is 341 g/mol. The normalized spacial score (nSPS) is 34.8. The van der Waals surface area contributed by atoms with Crippen molar-refractivity contribution in [1.29, 1.82) is 0 Å². The van der Waals surface area contributed by atoms with E-state index in [4.69, 9.17) is 4.74 Å². The van der Waals surface area contributed by atoms with Crippen LogP contribution in [0, 0.1) is 23.7 Å². The summed E-state index contributed by atoms with van der Waals surface area (Å²) in [5.41, 5.74) is -1.58. The second-order valence-corrected chi connectivity index (χ2v) is 7.41. The van der Waals surface area contributed by atoms with Crippen LogP contribution in [-0.4, -0.2) is 27.4 Å². The number of esters is 1. The first kappa shape index (κ1) is 14.7. The number of hydrogen-bond acceptors (Lipinski definition) is 4. The van der Waals surface area contributed by atoms with Crippen molar-refractivity contribution in [2.45, 2.75) is 24.8 Å². The molecule has 7 nitrogen and oxygen atoms in total. The van der Waals surface area contributed by atoms with Crippen molar-refractivity contribution in [1.82, 2.24) is 14.3 Å². The fourth-order valence-electron chi connectivity index (χ4n) is 5.70. The first-order valence-electron chi connectivity index (χ1n) is 8.69. The topological polar surface area (TPSA) is 86.1 Å². The van der Waals surface area contributed by atoms with E-state index in [0.29, 0.717) is 17.5 Å². The molecule has 3 aliphatic carbocycles. The maximum absolute atomic E-state index is 13.0. The van der Waals surface area contributed by atoms with Gasteiger partial charge in [-0.1, -0.05) is 18.2 Å². The first-order valence-corrected chi connectivity index (χ1v) is 8.69. The average molecular weight is 341 g/mol. The molecule has 0 saturated heterocycles. The molecule has 2 bridgehead atoms. The minimum Gasteiger partial charge on any atom is -0.467 e. The number of benzene rings is 1. The van der Waals surface area contributed by atoms with Crippen LogP contribution >= 0.6 is 0 Å². The third kappa shape index (κ3) is 1.63. The number of nitrogens with one attached hydrogen (secondary N) is 1. The average Bonchev–Trinajstić information content (AvgIpc) is 2.92. The zero-order valence-electron chi connectivity index (χ0n) is 13.8. The standard InChI is InChI=1S/C18H19N3O4/c1-25-15(22)18(13-10-7-8-11(9-10)14(13)18)21-17(24)20(16(23)19-21)12-5-3-2-4-6-12/h2-6,10-11,13-14H,7-9H2,1H3,(H,19,23). The minimum atomic E-state index is -1.03. The van der Waals surface area contributed by atoms with Crippen LogP contribution in [0.25, 0.3) is 5.69 Å². The summed E-state index contributed by atoms with van der Waals surface area (Å²) in [5, 5.41) is 2.64. The van der Waals surface area contributed by atoms with Gasteiger partial charge in [0.05, 0.1) is 12.8 Å². The number of carbonyl (C=O) groups is 1. The molecule has 2 aromatic rings. The van der Waals surface area contributed by atoms with Gasteiger partial charge in [-0.15, -0.1) is 0 Å². The lowest BCUT2D eigenvalue weighted by Crippen LogP contribution is -2.43. The van der Waals surface area contributed by atoms with E-state index in [9.17, 15) is 14.4 Å². The maximum Gasteiger partial charge on any atom is 0.352 e. The highest BCUT2D eigenvalue weighted by molar-refractivity contribution is 5.84. The fraction of sp³-hybridized carbons (Fsp3) is 0.500. The quantitative estimate of drug-likeness (QED) is 0.840. The van der Waals surface area contributed by atoms with Gasteiger partial charge >= 0.3 is 17.3 Å². The van der Waals surface area contributed by atoms with E-state index >= 15 is 0 Å². The maximum atomic E-state index is 13.0.